The van der Waals surface area contributed by atoms with Crippen LogP contribution in [0.15, 0.2) is 29.2 Å². The van der Waals surface area contributed by atoms with Crippen molar-refractivity contribution in [3.05, 3.63) is 24.3 Å². The summed E-state index contributed by atoms with van der Waals surface area (Å²) in [6.45, 7) is 4.16. The normalized spacial score (nSPS) is 13.3. The van der Waals surface area contributed by atoms with Crippen molar-refractivity contribution in [2.75, 3.05) is 16.8 Å². The number of anilines is 1. The minimum Gasteiger partial charge on any atom is -0.381 e. The Labute approximate surface area is 113 Å². The average Bonchev–Trinajstić information content (AvgIpc) is 2.28. The third-order valence-electron chi connectivity index (χ3n) is 2.49. The van der Waals surface area contributed by atoms with Crippen molar-refractivity contribution >= 4 is 27.5 Å². The second-order valence-corrected chi connectivity index (χ2v) is 7.00. The van der Waals surface area contributed by atoms with Crippen LogP contribution in [0.1, 0.15) is 20.3 Å². The van der Waals surface area contributed by atoms with Crippen LogP contribution in [-0.2, 0) is 10.0 Å². The lowest BCUT2D eigenvalue weighted by Crippen LogP contribution is -2.20. The third kappa shape index (κ3) is 4.88. The van der Waals surface area contributed by atoms with Gasteiger partial charge in [0.15, 0.2) is 0 Å². The van der Waals surface area contributed by atoms with Crippen molar-refractivity contribution in [2.45, 2.75) is 31.2 Å². The minimum absolute atomic E-state index is 0.153. The first-order valence-electron chi connectivity index (χ1n) is 5.91. The molecule has 0 radical (unpaired) electrons. The number of rotatable bonds is 7. The molecule has 0 spiro atoms. The summed E-state index contributed by atoms with van der Waals surface area (Å²) in [5, 5.41) is 8.39. The van der Waals surface area contributed by atoms with E-state index in [1.54, 1.807) is 18.2 Å². The molecule has 1 aromatic carbocycles. The summed E-state index contributed by atoms with van der Waals surface area (Å²) in [5.41, 5.74) is 0.578. The monoisotopic (exact) mass is 288 g/mol. The molecule has 0 fully saturated rings. The number of sulfonamides is 1. The molecule has 102 valence electrons. The first-order valence-corrected chi connectivity index (χ1v) is 8.61. The molecule has 0 saturated heterocycles. The van der Waals surface area contributed by atoms with Crippen molar-refractivity contribution in [1.29, 1.82) is 0 Å². The summed E-state index contributed by atoms with van der Waals surface area (Å²) in [6, 6.07) is 6.94. The number of thioether (sulfide) groups is 1. The number of hydrogen-bond donors (Lipinski definition) is 2. The fraction of sp³-hybridized carbons (Fsp3) is 0.500. The second-order valence-electron chi connectivity index (χ2n) is 4.07. The molecule has 1 unspecified atom stereocenters. The van der Waals surface area contributed by atoms with E-state index in [2.05, 4.69) is 12.2 Å². The maximum Gasteiger partial charge on any atom is 0.240 e. The Morgan fingerprint density at radius 2 is 2.06 bits per heavy atom. The van der Waals surface area contributed by atoms with Crippen LogP contribution in [-0.4, -0.2) is 26.0 Å². The fourth-order valence-corrected chi connectivity index (χ4v) is 3.09. The maximum absolute atomic E-state index is 11.4. The summed E-state index contributed by atoms with van der Waals surface area (Å²) in [4.78, 5) is 0.153. The zero-order valence-corrected chi connectivity index (χ0v) is 12.4. The smallest absolute Gasteiger partial charge is 0.240 e. The second kappa shape index (κ2) is 7.01. The van der Waals surface area contributed by atoms with Gasteiger partial charge in [0.25, 0.3) is 0 Å². The summed E-state index contributed by atoms with van der Waals surface area (Å²) < 4.78 is 22.9. The van der Waals surface area contributed by atoms with Crippen LogP contribution < -0.4 is 10.5 Å². The molecule has 0 amide bonds. The summed E-state index contributed by atoms with van der Waals surface area (Å²) in [5.74, 6) is 2.16. The molecule has 0 aliphatic carbocycles. The topological polar surface area (TPSA) is 72.2 Å². The Balaban J connectivity index is 2.73. The predicted octanol–water partition coefficient (Wildman–Crippen LogP) is 2.28. The van der Waals surface area contributed by atoms with E-state index < -0.39 is 10.0 Å². The number of nitrogens with two attached hydrogens (primary N) is 1. The minimum atomic E-state index is -3.67. The number of hydrogen-bond acceptors (Lipinski definition) is 4. The van der Waals surface area contributed by atoms with Gasteiger partial charge in [0, 0.05) is 6.04 Å². The fourth-order valence-electron chi connectivity index (χ4n) is 1.58. The molecular formula is C12H20N2O2S2. The van der Waals surface area contributed by atoms with Crippen molar-refractivity contribution in [3.63, 3.8) is 0 Å². The Morgan fingerprint density at radius 3 is 2.67 bits per heavy atom. The Kier molecular flexibility index (Phi) is 5.98. The molecule has 6 heteroatoms. The van der Waals surface area contributed by atoms with Gasteiger partial charge in [-0.2, -0.15) is 11.8 Å². The first-order chi connectivity index (χ1) is 8.45. The molecule has 0 saturated carbocycles. The summed E-state index contributed by atoms with van der Waals surface area (Å²) in [7, 11) is -3.67. The van der Waals surface area contributed by atoms with E-state index >= 15 is 0 Å². The average molecular weight is 288 g/mol. The van der Waals surface area contributed by atoms with Crippen LogP contribution in [0.25, 0.3) is 0 Å². The van der Waals surface area contributed by atoms with E-state index in [1.165, 1.54) is 6.07 Å². The van der Waals surface area contributed by atoms with Crippen molar-refractivity contribution < 1.29 is 8.42 Å². The third-order valence-corrected chi connectivity index (χ3v) is 4.40. The van der Waals surface area contributed by atoms with Crippen LogP contribution in [0.5, 0.6) is 0 Å². The predicted molar refractivity (Wildman–Crippen MR) is 78.5 cm³/mol. The highest BCUT2D eigenvalue weighted by molar-refractivity contribution is 7.99. The molecular weight excluding hydrogens is 268 g/mol. The highest BCUT2D eigenvalue weighted by Gasteiger charge is 2.14. The van der Waals surface area contributed by atoms with E-state index in [-0.39, 0.29) is 10.9 Å². The van der Waals surface area contributed by atoms with Crippen molar-refractivity contribution in [1.82, 2.24) is 0 Å². The summed E-state index contributed by atoms with van der Waals surface area (Å²) in [6.07, 6.45) is 0.984. The Hall–Kier alpha value is -0.720. The van der Waals surface area contributed by atoms with Gasteiger partial charge in [0.1, 0.15) is 4.90 Å². The van der Waals surface area contributed by atoms with Gasteiger partial charge in [0.2, 0.25) is 10.0 Å². The van der Waals surface area contributed by atoms with Gasteiger partial charge in [-0.3, -0.25) is 0 Å². The zero-order chi connectivity index (χ0) is 13.6. The van der Waals surface area contributed by atoms with E-state index in [0.717, 1.165) is 17.9 Å². The molecule has 0 aromatic heterocycles. The molecule has 3 N–H and O–H groups in total. The van der Waals surface area contributed by atoms with Gasteiger partial charge in [-0.1, -0.05) is 19.1 Å². The molecule has 0 heterocycles. The zero-order valence-electron chi connectivity index (χ0n) is 10.7. The lowest BCUT2D eigenvalue weighted by molar-refractivity contribution is 0.598. The van der Waals surface area contributed by atoms with Gasteiger partial charge in [-0.05, 0) is 37.0 Å². The van der Waals surface area contributed by atoms with Gasteiger partial charge >= 0.3 is 0 Å². The maximum atomic E-state index is 11.4. The molecule has 1 aromatic rings. The lowest BCUT2D eigenvalue weighted by atomic mass is 10.2. The Bertz CT molecular complexity index is 475. The number of para-hydroxylation sites is 1. The van der Waals surface area contributed by atoms with Crippen LogP contribution in [0.2, 0.25) is 0 Å². The lowest BCUT2D eigenvalue weighted by Gasteiger charge is -2.17. The van der Waals surface area contributed by atoms with Crippen LogP contribution in [0, 0.1) is 0 Å². The molecule has 0 aliphatic rings. The van der Waals surface area contributed by atoms with Crippen LogP contribution in [0.3, 0.4) is 0 Å². The van der Waals surface area contributed by atoms with Crippen LogP contribution in [0.4, 0.5) is 5.69 Å². The van der Waals surface area contributed by atoms with Gasteiger partial charge in [0.05, 0.1) is 5.69 Å². The van der Waals surface area contributed by atoms with E-state index in [4.69, 9.17) is 5.14 Å². The largest absolute Gasteiger partial charge is 0.381 e. The standard InChI is InChI=1S/C12H20N2O2S2/c1-3-17-9-8-10(2)14-11-6-4-5-7-12(11)18(13,15)16/h4-7,10,14H,3,8-9H2,1-2H3,(H2,13,15,16). The highest BCUT2D eigenvalue weighted by atomic mass is 32.2. The van der Waals surface area contributed by atoms with Crippen molar-refractivity contribution in [2.24, 2.45) is 5.14 Å². The molecule has 0 aliphatic heterocycles. The van der Waals surface area contributed by atoms with Gasteiger partial charge in [-0.25, -0.2) is 13.6 Å². The summed E-state index contributed by atoms with van der Waals surface area (Å²) >= 11 is 1.87. The number of primary sulfonamides is 1. The molecule has 0 bridgehead atoms. The van der Waals surface area contributed by atoms with Crippen molar-refractivity contribution in [3.8, 4) is 0 Å². The highest BCUT2D eigenvalue weighted by Crippen LogP contribution is 2.21. The number of nitrogens with one attached hydrogen (secondary N) is 1. The molecule has 1 atom stereocenters. The quantitative estimate of drug-likeness (QED) is 0.755. The van der Waals surface area contributed by atoms with Crippen LogP contribution >= 0.6 is 11.8 Å². The molecule has 4 nitrogen and oxygen atoms in total. The Morgan fingerprint density at radius 1 is 1.39 bits per heavy atom. The SMILES string of the molecule is CCSCCC(C)Nc1ccccc1S(N)(=O)=O. The van der Waals surface area contributed by atoms with Gasteiger partial charge in [-0.15, -0.1) is 0 Å². The first kappa shape index (κ1) is 15.3. The van der Waals surface area contributed by atoms with E-state index in [9.17, 15) is 8.42 Å². The number of benzene rings is 1. The molecule has 1 rings (SSSR count). The van der Waals surface area contributed by atoms with E-state index in [1.807, 2.05) is 18.7 Å². The van der Waals surface area contributed by atoms with Gasteiger partial charge < -0.3 is 5.32 Å². The molecule has 18 heavy (non-hydrogen) atoms. The van der Waals surface area contributed by atoms with E-state index in [0.29, 0.717) is 5.69 Å².